The van der Waals surface area contributed by atoms with Crippen LogP contribution in [0.3, 0.4) is 0 Å². The molecule has 0 bridgehead atoms. The van der Waals surface area contributed by atoms with E-state index in [0.29, 0.717) is 18.1 Å². The Bertz CT molecular complexity index is 1270. The second kappa shape index (κ2) is 12.5. The minimum atomic E-state index is -4.60. The Kier molecular flexibility index (Phi) is 9.09. The number of H-pyrrole nitrogens is 1. The molecular weight excluding hydrogens is 497 g/mol. The molecule has 10 heteroatoms. The monoisotopic (exact) mass is 527 g/mol. The highest BCUT2D eigenvalue weighted by Crippen LogP contribution is 2.38. The average Bonchev–Trinajstić information content (AvgIpc) is 3.58. The highest BCUT2D eigenvalue weighted by molar-refractivity contribution is 7.46. The number of benzene rings is 2. The SMILES string of the molecule is NC(COP(=O)(O)O)c1nc(-c2ccc(OCCCCCc3ccccc3)c(-c3cccs3)c2)c[nH]1. The van der Waals surface area contributed by atoms with Gasteiger partial charge >= 0.3 is 7.82 Å². The molecule has 1 atom stereocenters. The zero-order chi connectivity index (χ0) is 25.4. The minimum Gasteiger partial charge on any atom is -0.493 e. The maximum absolute atomic E-state index is 10.9. The molecule has 1 unspecified atom stereocenters. The van der Waals surface area contributed by atoms with Gasteiger partial charge in [0, 0.05) is 22.2 Å². The quantitative estimate of drug-likeness (QED) is 0.129. The van der Waals surface area contributed by atoms with Gasteiger partial charge in [0.2, 0.25) is 0 Å². The molecule has 0 aliphatic carbocycles. The molecule has 4 rings (SSSR count). The summed E-state index contributed by atoms with van der Waals surface area (Å²) in [4.78, 5) is 26.3. The molecule has 0 spiro atoms. The van der Waals surface area contributed by atoms with Crippen molar-refractivity contribution in [2.45, 2.75) is 31.7 Å². The molecule has 2 aromatic heterocycles. The number of phosphoric ester groups is 1. The molecule has 8 nitrogen and oxygen atoms in total. The molecule has 36 heavy (non-hydrogen) atoms. The van der Waals surface area contributed by atoms with E-state index in [1.54, 1.807) is 17.5 Å². The van der Waals surface area contributed by atoms with Gasteiger partial charge in [0.1, 0.15) is 11.6 Å². The number of nitrogens with zero attached hydrogens (tertiary/aromatic N) is 1. The molecule has 2 heterocycles. The van der Waals surface area contributed by atoms with Crippen LogP contribution in [0.15, 0.2) is 72.2 Å². The van der Waals surface area contributed by atoms with Crippen molar-refractivity contribution in [3.63, 3.8) is 0 Å². The highest BCUT2D eigenvalue weighted by Gasteiger charge is 2.19. The second-order valence-electron chi connectivity index (χ2n) is 8.40. The number of imidazole rings is 1. The number of rotatable bonds is 13. The van der Waals surface area contributed by atoms with E-state index in [1.165, 1.54) is 5.56 Å². The molecular formula is C26H30N3O5PS. The number of thiophene rings is 1. The molecule has 0 saturated heterocycles. The first-order valence-electron chi connectivity index (χ1n) is 11.7. The predicted octanol–water partition coefficient (Wildman–Crippen LogP) is 5.71. The van der Waals surface area contributed by atoms with E-state index in [4.69, 9.17) is 20.3 Å². The van der Waals surface area contributed by atoms with Gasteiger partial charge in [0.25, 0.3) is 0 Å². The topological polar surface area (TPSA) is 131 Å². The summed E-state index contributed by atoms with van der Waals surface area (Å²) in [5.41, 5.74) is 9.87. The lowest BCUT2D eigenvalue weighted by Crippen LogP contribution is -2.17. The normalized spacial score (nSPS) is 12.5. The Morgan fingerprint density at radius 3 is 2.64 bits per heavy atom. The predicted molar refractivity (Wildman–Crippen MR) is 142 cm³/mol. The van der Waals surface area contributed by atoms with E-state index in [-0.39, 0.29) is 6.61 Å². The molecule has 0 aliphatic heterocycles. The van der Waals surface area contributed by atoms with Gasteiger partial charge in [-0.25, -0.2) is 9.55 Å². The van der Waals surface area contributed by atoms with E-state index >= 15 is 0 Å². The van der Waals surface area contributed by atoms with Crippen molar-refractivity contribution in [3.05, 3.63) is 83.6 Å². The van der Waals surface area contributed by atoms with Crippen molar-refractivity contribution in [2.75, 3.05) is 13.2 Å². The van der Waals surface area contributed by atoms with Gasteiger partial charge in [0.15, 0.2) is 0 Å². The van der Waals surface area contributed by atoms with Gasteiger partial charge in [0.05, 0.1) is 24.9 Å². The summed E-state index contributed by atoms with van der Waals surface area (Å²) in [6.07, 6.45) is 6.01. The Balaban J connectivity index is 1.39. The Morgan fingerprint density at radius 2 is 1.89 bits per heavy atom. The summed E-state index contributed by atoms with van der Waals surface area (Å²) in [6, 6.07) is 19.7. The minimum absolute atomic E-state index is 0.351. The maximum atomic E-state index is 10.9. The third-order valence-corrected chi connectivity index (χ3v) is 7.03. The van der Waals surface area contributed by atoms with Crippen LogP contribution in [-0.4, -0.2) is 33.0 Å². The zero-order valence-corrected chi connectivity index (χ0v) is 21.5. The molecule has 0 radical (unpaired) electrons. The molecule has 0 aliphatic rings. The number of nitrogens with one attached hydrogen (secondary N) is 1. The number of hydrogen-bond acceptors (Lipinski definition) is 6. The maximum Gasteiger partial charge on any atom is 0.469 e. The van der Waals surface area contributed by atoms with E-state index in [0.717, 1.165) is 47.4 Å². The van der Waals surface area contributed by atoms with Crippen molar-refractivity contribution >= 4 is 19.2 Å². The first kappa shape index (κ1) is 26.3. The number of nitrogens with two attached hydrogens (primary N) is 1. The molecule has 4 aromatic rings. The number of aromatic nitrogens is 2. The van der Waals surface area contributed by atoms with Gasteiger partial charge in [-0.15, -0.1) is 11.3 Å². The average molecular weight is 528 g/mol. The summed E-state index contributed by atoms with van der Waals surface area (Å²) in [5, 5.41) is 2.03. The van der Waals surface area contributed by atoms with Crippen molar-refractivity contribution in [1.29, 1.82) is 0 Å². The highest BCUT2D eigenvalue weighted by atomic mass is 32.1. The van der Waals surface area contributed by atoms with Crippen LogP contribution in [0, 0.1) is 0 Å². The first-order valence-corrected chi connectivity index (χ1v) is 14.2. The summed E-state index contributed by atoms with van der Waals surface area (Å²) >= 11 is 1.64. The van der Waals surface area contributed by atoms with Crippen LogP contribution in [0.2, 0.25) is 0 Å². The molecule has 2 aromatic carbocycles. The van der Waals surface area contributed by atoms with Crippen molar-refractivity contribution in [3.8, 4) is 27.4 Å². The van der Waals surface area contributed by atoms with Crippen LogP contribution >= 0.6 is 19.2 Å². The molecule has 5 N–H and O–H groups in total. The van der Waals surface area contributed by atoms with Crippen LogP contribution in [-0.2, 0) is 15.5 Å². The van der Waals surface area contributed by atoms with Gasteiger partial charge in [-0.2, -0.15) is 0 Å². The van der Waals surface area contributed by atoms with Gasteiger partial charge in [-0.1, -0.05) is 36.4 Å². The summed E-state index contributed by atoms with van der Waals surface area (Å²) < 4.78 is 21.6. The van der Waals surface area contributed by atoms with E-state index < -0.39 is 13.9 Å². The van der Waals surface area contributed by atoms with Crippen LogP contribution in [0.1, 0.15) is 36.7 Å². The Labute approximate surface area is 214 Å². The standard InChI is InChI=1S/C26H30N3O5PS/c27-22(18-34-35(30,31)32)26-28-17-23(29-26)20-12-13-24(21(16-20)25-11-7-15-36-25)33-14-6-2-5-10-19-8-3-1-4-9-19/h1,3-4,7-9,11-13,15-17,22H,2,5-6,10,14,18,27H2,(H,28,29)(H2,30,31,32). The number of aromatic amines is 1. The van der Waals surface area contributed by atoms with Gasteiger partial charge in [-0.05, 0) is 60.9 Å². The summed E-state index contributed by atoms with van der Waals surface area (Å²) in [5.74, 6) is 1.21. The lowest BCUT2D eigenvalue weighted by atomic mass is 10.1. The zero-order valence-electron chi connectivity index (χ0n) is 19.7. The fourth-order valence-corrected chi connectivity index (χ4v) is 4.91. The van der Waals surface area contributed by atoms with E-state index in [1.807, 2.05) is 35.7 Å². The van der Waals surface area contributed by atoms with Crippen molar-refractivity contribution < 1.29 is 23.6 Å². The third-order valence-electron chi connectivity index (χ3n) is 5.64. The Morgan fingerprint density at radius 1 is 1.06 bits per heavy atom. The lowest BCUT2D eigenvalue weighted by molar-refractivity contribution is 0.185. The number of hydrogen-bond donors (Lipinski definition) is 4. The van der Waals surface area contributed by atoms with Crippen LogP contribution in [0.4, 0.5) is 0 Å². The number of aryl methyl sites for hydroxylation is 1. The lowest BCUT2D eigenvalue weighted by Gasteiger charge is -2.12. The molecule has 190 valence electrons. The fraction of sp³-hybridized carbons (Fsp3) is 0.269. The molecule has 0 saturated carbocycles. The first-order chi connectivity index (χ1) is 17.4. The van der Waals surface area contributed by atoms with Crippen LogP contribution < -0.4 is 10.5 Å². The largest absolute Gasteiger partial charge is 0.493 e. The van der Waals surface area contributed by atoms with Gasteiger partial charge in [-0.3, -0.25) is 4.52 Å². The Hall–Kier alpha value is -2.78. The van der Waals surface area contributed by atoms with Crippen LogP contribution in [0.25, 0.3) is 21.7 Å². The van der Waals surface area contributed by atoms with Crippen molar-refractivity contribution in [2.24, 2.45) is 5.73 Å². The number of phosphoric acid groups is 1. The molecule has 0 fully saturated rings. The van der Waals surface area contributed by atoms with Crippen molar-refractivity contribution in [1.82, 2.24) is 9.97 Å². The van der Waals surface area contributed by atoms with E-state index in [2.05, 4.69) is 44.8 Å². The summed E-state index contributed by atoms with van der Waals surface area (Å²) in [6.45, 7) is 0.295. The fourth-order valence-electron chi connectivity index (χ4n) is 3.81. The number of unbranched alkanes of at least 4 members (excludes halogenated alkanes) is 2. The second-order valence-corrected chi connectivity index (χ2v) is 10.6. The third kappa shape index (κ3) is 7.61. The smallest absolute Gasteiger partial charge is 0.469 e. The van der Waals surface area contributed by atoms with Gasteiger partial charge < -0.3 is 25.2 Å². The number of ether oxygens (including phenoxy) is 1. The van der Waals surface area contributed by atoms with E-state index in [9.17, 15) is 4.57 Å². The molecule has 0 amide bonds. The van der Waals surface area contributed by atoms with Crippen LogP contribution in [0.5, 0.6) is 5.75 Å². The summed E-state index contributed by atoms with van der Waals surface area (Å²) in [7, 11) is -4.60.